The summed E-state index contributed by atoms with van der Waals surface area (Å²) in [6.07, 6.45) is 5.29. The maximum Gasteiger partial charge on any atom is 0.258 e. The summed E-state index contributed by atoms with van der Waals surface area (Å²) in [5.74, 6) is 0.0401. The van der Waals surface area contributed by atoms with Gasteiger partial charge in [-0.15, -0.1) is 0 Å². The lowest BCUT2D eigenvalue weighted by atomic mass is 9.88. The molecule has 2 N–H and O–H groups in total. The van der Waals surface area contributed by atoms with E-state index in [0.717, 1.165) is 24.0 Å². The number of fused-ring (bicyclic) bond motifs is 2. The molecule has 1 aliphatic rings. The second-order valence-electron chi connectivity index (χ2n) is 5.49. The third-order valence-corrected chi connectivity index (χ3v) is 4.14. The van der Waals surface area contributed by atoms with Crippen LogP contribution in [0.25, 0.3) is 22.6 Å². The number of hydrogen-bond donors (Lipinski definition) is 2. The Bertz CT molecular complexity index is 970. The van der Waals surface area contributed by atoms with E-state index in [9.17, 15) is 9.90 Å². The summed E-state index contributed by atoms with van der Waals surface area (Å²) in [6, 6.07) is 11.8. The van der Waals surface area contributed by atoms with Crippen LogP contribution in [0.5, 0.6) is 5.75 Å². The fourth-order valence-corrected chi connectivity index (χ4v) is 3.01. The van der Waals surface area contributed by atoms with Crippen molar-refractivity contribution in [3.63, 3.8) is 0 Å². The molecule has 0 saturated carbocycles. The molecular weight excluding hydrogens is 276 g/mol. The summed E-state index contributed by atoms with van der Waals surface area (Å²) in [7, 11) is 0. The molecule has 1 aromatic heterocycles. The van der Waals surface area contributed by atoms with E-state index in [4.69, 9.17) is 0 Å². The summed E-state index contributed by atoms with van der Waals surface area (Å²) >= 11 is 0. The first-order valence-corrected chi connectivity index (χ1v) is 7.21. The molecule has 0 saturated heterocycles. The van der Waals surface area contributed by atoms with Crippen molar-refractivity contribution in [2.45, 2.75) is 12.8 Å². The summed E-state index contributed by atoms with van der Waals surface area (Å²) in [5.41, 5.74) is 4.62. The van der Waals surface area contributed by atoms with Crippen molar-refractivity contribution in [3.05, 3.63) is 69.8 Å². The summed E-state index contributed by atoms with van der Waals surface area (Å²) < 4.78 is 0. The highest BCUT2D eigenvalue weighted by Crippen LogP contribution is 2.33. The summed E-state index contributed by atoms with van der Waals surface area (Å²) in [4.78, 5) is 18.5. The number of hydrogen-bond acceptors (Lipinski definition) is 3. The van der Waals surface area contributed by atoms with Crippen LogP contribution in [0.1, 0.15) is 23.1 Å². The maximum absolute atomic E-state index is 11.9. The number of benzene rings is 2. The molecule has 0 radical (unpaired) electrons. The predicted octanol–water partition coefficient (Wildman–Crippen LogP) is 3.12. The third kappa shape index (κ3) is 2.00. The van der Waals surface area contributed by atoms with Gasteiger partial charge in [-0.25, -0.2) is 4.98 Å². The number of allylic oxidation sites excluding steroid dienone is 1. The van der Waals surface area contributed by atoms with Crippen molar-refractivity contribution in [2.24, 2.45) is 0 Å². The minimum absolute atomic E-state index is 0.0401. The fourth-order valence-electron chi connectivity index (χ4n) is 3.01. The van der Waals surface area contributed by atoms with Crippen molar-refractivity contribution < 1.29 is 5.11 Å². The van der Waals surface area contributed by atoms with Gasteiger partial charge in [-0.2, -0.15) is 0 Å². The number of aryl methyl sites for hydroxylation is 1. The Balaban J connectivity index is 1.91. The highest BCUT2D eigenvalue weighted by molar-refractivity contribution is 5.91. The number of nitrogens with zero attached hydrogens (tertiary/aromatic N) is 1. The van der Waals surface area contributed by atoms with Gasteiger partial charge in [0.15, 0.2) is 0 Å². The van der Waals surface area contributed by atoms with E-state index in [1.54, 1.807) is 12.1 Å². The number of phenols is 1. The zero-order valence-electron chi connectivity index (χ0n) is 11.8. The zero-order valence-corrected chi connectivity index (χ0v) is 11.8. The number of rotatable bonds is 1. The lowest BCUT2D eigenvalue weighted by molar-refractivity contribution is 0.480. The van der Waals surface area contributed by atoms with Gasteiger partial charge < -0.3 is 10.1 Å². The van der Waals surface area contributed by atoms with E-state index in [0.29, 0.717) is 10.9 Å². The molecule has 4 heteroatoms. The van der Waals surface area contributed by atoms with Gasteiger partial charge in [0.1, 0.15) is 11.3 Å². The van der Waals surface area contributed by atoms with Gasteiger partial charge in [-0.3, -0.25) is 4.79 Å². The van der Waals surface area contributed by atoms with Crippen molar-refractivity contribution in [1.29, 1.82) is 0 Å². The number of nitrogens with one attached hydrogen (secondary N) is 1. The molecule has 0 amide bonds. The Hall–Kier alpha value is -2.88. The molecule has 0 aliphatic heterocycles. The molecule has 0 bridgehead atoms. The summed E-state index contributed by atoms with van der Waals surface area (Å²) in [5, 5.41) is 10.6. The number of aromatic nitrogens is 2. The smallest absolute Gasteiger partial charge is 0.258 e. The molecule has 1 aliphatic carbocycles. The van der Waals surface area contributed by atoms with Crippen LogP contribution in [-0.2, 0) is 6.42 Å². The molecule has 1 heterocycles. The Kier molecular flexibility index (Phi) is 2.82. The lowest BCUT2D eigenvalue weighted by Crippen LogP contribution is -2.07. The largest absolute Gasteiger partial charge is 0.506 e. The molecule has 22 heavy (non-hydrogen) atoms. The first kappa shape index (κ1) is 12.8. The molecule has 0 fully saturated rings. The molecule has 0 unspecified atom stereocenters. The highest BCUT2D eigenvalue weighted by Gasteiger charge is 2.14. The average Bonchev–Trinajstić information content (AvgIpc) is 2.55. The van der Waals surface area contributed by atoms with Crippen LogP contribution in [-0.4, -0.2) is 15.1 Å². The van der Waals surface area contributed by atoms with Crippen LogP contribution in [0.2, 0.25) is 0 Å². The first-order chi connectivity index (χ1) is 10.7. The molecule has 3 aromatic rings. The van der Waals surface area contributed by atoms with E-state index in [1.165, 1.54) is 17.5 Å². The van der Waals surface area contributed by atoms with Crippen LogP contribution >= 0.6 is 0 Å². The standard InChI is InChI=1S/C18H14N2O2/c21-16-9-14(8-15-17(16)19-10-20-18(15)22)13-6-5-11-3-1-2-4-12(11)7-13/h1-4,7-10,21H,5-6H2,(H,19,20,22). The molecule has 4 nitrogen and oxygen atoms in total. The number of phenolic OH excluding ortho intramolecular Hbond substituents is 1. The number of aromatic amines is 1. The van der Waals surface area contributed by atoms with E-state index < -0.39 is 0 Å². The first-order valence-electron chi connectivity index (χ1n) is 7.21. The summed E-state index contributed by atoms with van der Waals surface area (Å²) in [6.45, 7) is 0. The Morgan fingerprint density at radius 2 is 2.00 bits per heavy atom. The van der Waals surface area contributed by atoms with Gasteiger partial charge in [0.25, 0.3) is 5.56 Å². The molecule has 108 valence electrons. The predicted molar refractivity (Wildman–Crippen MR) is 86.7 cm³/mol. The van der Waals surface area contributed by atoms with E-state index >= 15 is 0 Å². The van der Waals surface area contributed by atoms with Crippen LogP contribution in [0.15, 0.2) is 47.5 Å². The minimum Gasteiger partial charge on any atom is -0.506 e. The van der Waals surface area contributed by atoms with E-state index in [-0.39, 0.29) is 11.3 Å². The van der Waals surface area contributed by atoms with E-state index in [1.807, 2.05) is 12.1 Å². The van der Waals surface area contributed by atoms with Gasteiger partial charge in [0.2, 0.25) is 0 Å². The second-order valence-corrected chi connectivity index (χ2v) is 5.49. The van der Waals surface area contributed by atoms with Gasteiger partial charge in [-0.05, 0) is 47.2 Å². The van der Waals surface area contributed by atoms with Gasteiger partial charge in [0.05, 0.1) is 11.7 Å². The Morgan fingerprint density at radius 1 is 1.14 bits per heavy atom. The zero-order chi connectivity index (χ0) is 15.1. The number of aromatic hydroxyl groups is 1. The minimum atomic E-state index is -0.237. The third-order valence-electron chi connectivity index (χ3n) is 4.14. The lowest BCUT2D eigenvalue weighted by Gasteiger charge is -2.17. The van der Waals surface area contributed by atoms with Crippen molar-refractivity contribution in [3.8, 4) is 5.75 Å². The molecular formula is C18H14N2O2. The molecule has 2 aromatic carbocycles. The molecule has 0 atom stereocenters. The van der Waals surface area contributed by atoms with Gasteiger partial charge >= 0.3 is 0 Å². The van der Waals surface area contributed by atoms with Crippen molar-refractivity contribution >= 4 is 22.6 Å². The normalized spacial score (nSPS) is 13.7. The topological polar surface area (TPSA) is 66.0 Å². The average molecular weight is 290 g/mol. The van der Waals surface area contributed by atoms with Gasteiger partial charge in [-0.1, -0.05) is 30.3 Å². The fraction of sp³-hybridized carbons (Fsp3) is 0.111. The Labute approximate surface area is 126 Å². The second kappa shape index (κ2) is 4.84. The van der Waals surface area contributed by atoms with Crippen molar-refractivity contribution in [1.82, 2.24) is 9.97 Å². The molecule has 0 spiro atoms. The van der Waals surface area contributed by atoms with Crippen LogP contribution in [0.4, 0.5) is 0 Å². The highest BCUT2D eigenvalue weighted by atomic mass is 16.3. The van der Waals surface area contributed by atoms with Crippen LogP contribution < -0.4 is 5.56 Å². The maximum atomic E-state index is 11.9. The van der Waals surface area contributed by atoms with Crippen LogP contribution in [0.3, 0.4) is 0 Å². The monoisotopic (exact) mass is 290 g/mol. The van der Waals surface area contributed by atoms with E-state index in [2.05, 4.69) is 28.2 Å². The van der Waals surface area contributed by atoms with Crippen LogP contribution in [0, 0.1) is 0 Å². The van der Waals surface area contributed by atoms with Crippen molar-refractivity contribution in [2.75, 3.05) is 0 Å². The SMILES string of the molecule is O=c1[nH]cnc2c(O)cc(C3=Cc4ccccc4CC3)cc12. The van der Waals surface area contributed by atoms with Gasteiger partial charge in [0, 0.05) is 0 Å². The Morgan fingerprint density at radius 3 is 2.91 bits per heavy atom. The number of H-pyrrole nitrogens is 1. The molecule has 4 rings (SSSR count). The quantitative estimate of drug-likeness (QED) is 0.723.